The van der Waals surface area contributed by atoms with E-state index in [0.717, 1.165) is 12.1 Å². The van der Waals surface area contributed by atoms with E-state index >= 15 is 0 Å². The van der Waals surface area contributed by atoms with Gasteiger partial charge in [0.1, 0.15) is 17.9 Å². The van der Waals surface area contributed by atoms with E-state index in [1.54, 1.807) is 48.5 Å². The van der Waals surface area contributed by atoms with Gasteiger partial charge in [-0.3, -0.25) is 9.59 Å². The molecule has 1 heterocycles. The molecule has 0 fully saturated rings. The first-order valence-corrected chi connectivity index (χ1v) is 10.5. The van der Waals surface area contributed by atoms with Gasteiger partial charge in [-0.2, -0.15) is 13.2 Å². The maximum Gasteiger partial charge on any atom is 0.416 e. The van der Waals surface area contributed by atoms with E-state index in [-0.39, 0.29) is 30.4 Å². The maximum atomic E-state index is 12.8. The number of carbonyl (C=O) groups excluding carboxylic acids is 2. The van der Waals surface area contributed by atoms with Gasteiger partial charge in [-0.05, 0) is 54.6 Å². The van der Waals surface area contributed by atoms with Gasteiger partial charge in [-0.25, -0.2) is 0 Å². The second kappa shape index (κ2) is 9.80. The molecule has 1 aromatic heterocycles. The summed E-state index contributed by atoms with van der Waals surface area (Å²) < 4.78 is 49.3. The fraction of sp³-hybridized carbons (Fsp3) is 0.120. The van der Waals surface area contributed by atoms with Crippen LogP contribution in [0.3, 0.4) is 0 Å². The Hall–Kier alpha value is -4.47. The van der Waals surface area contributed by atoms with Gasteiger partial charge in [0.15, 0.2) is 5.76 Å². The first-order valence-electron chi connectivity index (χ1n) is 10.5. The third-order valence-corrected chi connectivity index (χ3v) is 5.05. The molecule has 10 heteroatoms. The Kier molecular flexibility index (Phi) is 6.63. The molecule has 0 saturated heterocycles. The Morgan fingerprint density at radius 1 is 0.943 bits per heavy atom. The number of hydrogen-bond donors (Lipinski definition) is 3. The molecule has 0 unspecified atom stereocenters. The van der Waals surface area contributed by atoms with Crippen LogP contribution in [-0.4, -0.2) is 25.0 Å². The summed E-state index contributed by atoms with van der Waals surface area (Å²) in [5, 5.41) is 5.70. The number of fused-ring (bicyclic) bond motifs is 1. The van der Waals surface area contributed by atoms with Gasteiger partial charge < -0.3 is 25.5 Å². The van der Waals surface area contributed by atoms with Gasteiger partial charge in [-0.15, -0.1) is 0 Å². The lowest BCUT2D eigenvalue weighted by molar-refractivity contribution is -0.137. The monoisotopic (exact) mass is 483 g/mol. The summed E-state index contributed by atoms with van der Waals surface area (Å²) in [5.74, 6) is -0.521. The van der Waals surface area contributed by atoms with Gasteiger partial charge >= 0.3 is 6.18 Å². The molecule has 3 aromatic carbocycles. The van der Waals surface area contributed by atoms with Crippen molar-refractivity contribution in [2.75, 3.05) is 24.2 Å². The number of nitrogen functional groups attached to an aromatic ring is 1. The number of ether oxygens (including phenoxy) is 1. The number of alkyl halides is 3. The number of furan rings is 1. The van der Waals surface area contributed by atoms with Crippen molar-refractivity contribution in [1.29, 1.82) is 0 Å². The molecule has 0 aliphatic heterocycles. The van der Waals surface area contributed by atoms with Crippen LogP contribution in [0.15, 0.2) is 77.2 Å². The van der Waals surface area contributed by atoms with Crippen LogP contribution in [0.4, 0.5) is 24.5 Å². The summed E-state index contributed by atoms with van der Waals surface area (Å²) >= 11 is 0. The van der Waals surface area contributed by atoms with Gasteiger partial charge in [0.05, 0.1) is 23.5 Å². The predicted octanol–water partition coefficient (Wildman–Crippen LogP) is 5.09. The molecule has 35 heavy (non-hydrogen) atoms. The third kappa shape index (κ3) is 5.72. The van der Waals surface area contributed by atoms with Crippen LogP contribution in [0.1, 0.15) is 26.5 Å². The summed E-state index contributed by atoms with van der Waals surface area (Å²) in [4.78, 5) is 24.6. The van der Waals surface area contributed by atoms with Crippen molar-refractivity contribution >= 4 is 34.2 Å². The Bertz CT molecular complexity index is 1360. The van der Waals surface area contributed by atoms with Crippen molar-refractivity contribution < 1.29 is 31.9 Å². The van der Waals surface area contributed by atoms with E-state index in [1.807, 2.05) is 0 Å². The van der Waals surface area contributed by atoms with E-state index in [4.69, 9.17) is 14.9 Å². The summed E-state index contributed by atoms with van der Waals surface area (Å²) in [6, 6.07) is 17.7. The fourth-order valence-electron chi connectivity index (χ4n) is 3.25. The summed E-state index contributed by atoms with van der Waals surface area (Å²) in [6.07, 6.45) is -4.50. The number of nitrogens with one attached hydrogen (secondary N) is 2. The van der Waals surface area contributed by atoms with Crippen LogP contribution in [0, 0.1) is 0 Å². The molecule has 0 aliphatic rings. The molecule has 0 aliphatic carbocycles. The zero-order valence-corrected chi connectivity index (χ0v) is 18.2. The lowest BCUT2D eigenvalue weighted by Crippen LogP contribution is -2.27. The standard InChI is InChI=1S/C25H20F3N3O4/c26-25(27,28)17-8-5-16-13-22(35-21(16)14-17)24(33)30-11-12-34-18-9-6-15(7-10-18)23(32)31-20-4-2-1-3-19(20)29/h1-10,13-14H,11-12,29H2,(H,30,33)(H,31,32). The smallest absolute Gasteiger partial charge is 0.416 e. The molecular formula is C25H20F3N3O4. The normalized spacial score (nSPS) is 11.3. The molecule has 0 radical (unpaired) electrons. The van der Waals surface area contributed by atoms with Crippen LogP contribution in [0.5, 0.6) is 5.75 Å². The number of anilines is 2. The number of carbonyl (C=O) groups is 2. The average Bonchev–Trinajstić information content (AvgIpc) is 3.27. The third-order valence-electron chi connectivity index (χ3n) is 5.05. The van der Waals surface area contributed by atoms with E-state index in [2.05, 4.69) is 10.6 Å². The zero-order valence-electron chi connectivity index (χ0n) is 18.2. The van der Waals surface area contributed by atoms with Gasteiger partial charge in [0.2, 0.25) is 0 Å². The first kappa shape index (κ1) is 23.7. The first-order chi connectivity index (χ1) is 16.7. The molecule has 0 spiro atoms. The number of benzene rings is 3. The SMILES string of the molecule is Nc1ccccc1NC(=O)c1ccc(OCCNC(=O)c2cc3ccc(C(F)(F)F)cc3o2)cc1. The highest BCUT2D eigenvalue weighted by Gasteiger charge is 2.31. The number of rotatable bonds is 7. The van der Waals surface area contributed by atoms with Crippen molar-refractivity contribution in [2.45, 2.75) is 6.18 Å². The Morgan fingerprint density at radius 2 is 1.69 bits per heavy atom. The molecule has 180 valence electrons. The number of halogens is 3. The summed E-state index contributed by atoms with van der Waals surface area (Å²) in [6.45, 7) is 0.246. The largest absolute Gasteiger partial charge is 0.492 e. The Morgan fingerprint density at radius 3 is 2.40 bits per heavy atom. The van der Waals surface area contributed by atoms with Crippen LogP contribution >= 0.6 is 0 Å². The summed E-state index contributed by atoms with van der Waals surface area (Å²) in [5.41, 5.74) is 6.32. The Labute approximate surface area is 197 Å². The van der Waals surface area contributed by atoms with Crippen molar-refractivity contribution in [3.63, 3.8) is 0 Å². The molecule has 0 saturated carbocycles. The molecule has 4 rings (SSSR count). The number of para-hydroxylation sites is 2. The molecular weight excluding hydrogens is 463 g/mol. The lowest BCUT2D eigenvalue weighted by Gasteiger charge is -2.09. The lowest BCUT2D eigenvalue weighted by atomic mass is 10.1. The van der Waals surface area contributed by atoms with E-state index < -0.39 is 17.6 Å². The highest BCUT2D eigenvalue weighted by molar-refractivity contribution is 6.05. The van der Waals surface area contributed by atoms with Crippen molar-refractivity contribution in [3.8, 4) is 5.75 Å². The van der Waals surface area contributed by atoms with E-state index in [0.29, 0.717) is 28.1 Å². The molecule has 7 nitrogen and oxygen atoms in total. The van der Waals surface area contributed by atoms with Gasteiger partial charge in [-0.1, -0.05) is 18.2 Å². The average molecular weight is 483 g/mol. The Balaban J connectivity index is 1.27. The van der Waals surface area contributed by atoms with Gasteiger partial charge in [0, 0.05) is 10.9 Å². The van der Waals surface area contributed by atoms with Crippen LogP contribution in [-0.2, 0) is 6.18 Å². The van der Waals surface area contributed by atoms with E-state index in [1.165, 1.54) is 12.1 Å². The quantitative estimate of drug-likeness (QED) is 0.251. The second-order valence-electron chi connectivity index (χ2n) is 7.53. The second-order valence-corrected chi connectivity index (χ2v) is 7.53. The van der Waals surface area contributed by atoms with Crippen LogP contribution in [0.2, 0.25) is 0 Å². The highest BCUT2D eigenvalue weighted by Crippen LogP contribution is 2.32. The van der Waals surface area contributed by atoms with Crippen LogP contribution in [0.25, 0.3) is 11.0 Å². The minimum Gasteiger partial charge on any atom is -0.492 e. The van der Waals surface area contributed by atoms with Gasteiger partial charge in [0.25, 0.3) is 11.8 Å². The topological polar surface area (TPSA) is 107 Å². The number of nitrogens with two attached hydrogens (primary N) is 1. The zero-order chi connectivity index (χ0) is 25.0. The van der Waals surface area contributed by atoms with Crippen molar-refractivity contribution in [2.24, 2.45) is 0 Å². The molecule has 4 aromatic rings. The highest BCUT2D eigenvalue weighted by atomic mass is 19.4. The maximum absolute atomic E-state index is 12.8. The molecule has 2 amide bonds. The number of hydrogen-bond acceptors (Lipinski definition) is 5. The van der Waals surface area contributed by atoms with Crippen LogP contribution < -0.4 is 21.1 Å². The van der Waals surface area contributed by atoms with Crippen molar-refractivity contribution in [1.82, 2.24) is 5.32 Å². The minimum atomic E-state index is -4.50. The fourth-order valence-corrected chi connectivity index (χ4v) is 3.25. The predicted molar refractivity (Wildman–Crippen MR) is 124 cm³/mol. The molecule has 4 N–H and O–H groups in total. The number of amides is 2. The molecule has 0 bridgehead atoms. The van der Waals surface area contributed by atoms with E-state index in [9.17, 15) is 22.8 Å². The summed E-state index contributed by atoms with van der Waals surface area (Å²) in [7, 11) is 0. The molecule has 0 atom stereocenters. The minimum absolute atomic E-state index is 0.0275. The van der Waals surface area contributed by atoms with Crippen molar-refractivity contribution in [3.05, 3.63) is 89.7 Å².